The van der Waals surface area contributed by atoms with Crippen LogP contribution < -0.4 is 0 Å². The standard InChI is InChI=1S/C47H29N3S/c1-3-13-30(14-4-1)32-17-11-18-33(29-32)49-41-22-9-7-19-34(41)36-25-26-37-35-20-8-10-23-42(35)50(45(37)44(36)49)43-24-12-21-38-39-27-28-40(31-15-5-2-6-16-31)48-47(39)51-46(38)43/h1-29H. The van der Waals surface area contributed by atoms with Crippen LogP contribution in [0.2, 0.25) is 0 Å². The van der Waals surface area contributed by atoms with Gasteiger partial charge in [-0.05, 0) is 53.6 Å². The fourth-order valence-corrected chi connectivity index (χ4v) is 9.26. The molecule has 0 aliphatic rings. The lowest BCUT2D eigenvalue weighted by molar-refractivity contribution is 1.16. The van der Waals surface area contributed by atoms with Gasteiger partial charge >= 0.3 is 0 Å². The molecule has 4 heteroatoms. The van der Waals surface area contributed by atoms with E-state index in [1.54, 1.807) is 11.3 Å². The molecule has 0 saturated carbocycles. The Bertz CT molecular complexity index is 3130. The molecule has 0 saturated heterocycles. The molecular weight excluding hydrogens is 639 g/mol. The third-order valence-electron chi connectivity index (χ3n) is 10.3. The average molecular weight is 668 g/mol. The lowest BCUT2D eigenvalue weighted by atomic mass is 10.1. The molecule has 4 aromatic heterocycles. The molecule has 238 valence electrons. The van der Waals surface area contributed by atoms with Crippen molar-refractivity contribution in [2.24, 2.45) is 0 Å². The molecule has 0 N–H and O–H groups in total. The van der Waals surface area contributed by atoms with E-state index in [9.17, 15) is 0 Å². The maximum absolute atomic E-state index is 5.20. The van der Waals surface area contributed by atoms with E-state index < -0.39 is 0 Å². The molecule has 0 unspecified atom stereocenters. The number of fused-ring (bicyclic) bond motifs is 10. The lowest BCUT2D eigenvalue weighted by Gasteiger charge is -2.14. The summed E-state index contributed by atoms with van der Waals surface area (Å²) in [6, 6.07) is 63.5. The van der Waals surface area contributed by atoms with E-state index in [4.69, 9.17) is 4.98 Å². The van der Waals surface area contributed by atoms with Gasteiger partial charge in [0.05, 0.1) is 38.1 Å². The van der Waals surface area contributed by atoms with Crippen molar-refractivity contribution >= 4 is 75.3 Å². The van der Waals surface area contributed by atoms with E-state index in [1.807, 2.05) is 0 Å². The molecule has 11 rings (SSSR count). The van der Waals surface area contributed by atoms with Gasteiger partial charge in [-0.25, -0.2) is 4.98 Å². The smallest absolute Gasteiger partial charge is 0.125 e. The van der Waals surface area contributed by atoms with Gasteiger partial charge in [-0.15, -0.1) is 11.3 Å². The molecule has 0 amide bonds. The van der Waals surface area contributed by atoms with Crippen LogP contribution in [0.4, 0.5) is 0 Å². The molecule has 11 aromatic rings. The number of hydrogen-bond donors (Lipinski definition) is 0. The topological polar surface area (TPSA) is 22.8 Å². The highest BCUT2D eigenvalue weighted by atomic mass is 32.1. The SMILES string of the molecule is c1ccc(-c2cccc(-n3c4ccccc4c4ccc5c6ccccc6n(-c6cccc7c6sc6nc(-c8ccccc8)ccc67)c5c43)c2)cc1. The largest absolute Gasteiger partial charge is 0.307 e. The average Bonchev–Trinajstić information content (AvgIpc) is 3.86. The second kappa shape index (κ2) is 11.0. The van der Waals surface area contributed by atoms with Crippen molar-refractivity contribution in [3.8, 4) is 33.8 Å². The van der Waals surface area contributed by atoms with Gasteiger partial charge in [0.25, 0.3) is 0 Å². The Balaban J connectivity index is 1.26. The van der Waals surface area contributed by atoms with Crippen LogP contribution in [0, 0.1) is 0 Å². The fraction of sp³-hybridized carbons (Fsp3) is 0. The van der Waals surface area contributed by atoms with Crippen LogP contribution in [0.1, 0.15) is 0 Å². The first-order chi connectivity index (χ1) is 25.3. The quantitative estimate of drug-likeness (QED) is 0.183. The van der Waals surface area contributed by atoms with Crippen molar-refractivity contribution < 1.29 is 0 Å². The van der Waals surface area contributed by atoms with Crippen LogP contribution in [0.3, 0.4) is 0 Å². The predicted octanol–water partition coefficient (Wildman–Crippen LogP) is 13.0. The molecule has 0 radical (unpaired) electrons. The van der Waals surface area contributed by atoms with Gasteiger partial charge in [-0.3, -0.25) is 0 Å². The lowest BCUT2D eigenvalue weighted by Crippen LogP contribution is -1.99. The Morgan fingerprint density at radius 1 is 0.392 bits per heavy atom. The zero-order chi connectivity index (χ0) is 33.5. The summed E-state index contributed by atoms with van der Waals surface area (Å²) in [6.07, 6.45) is 0. The van der Waals surface area contributed by atoms with Crippen molar-refractivity contribution in [1.82, 2.24) is 14.1 Å². The van der Waals surface area contributed by atoms with Crippen LogP contribution in [-0.2, 0) is 0 Å². The molecule has 51 heavy (non-hydrogen) atoms. The number of nitrogens with zero attached hydrogens (tertiary/aromatic N) is 3. The van der Waals surface area contributed by atoms with Crippen LogP contribution in [-0.4, -0.2) is 14.1 Å². The minimum atomic E-state index is 0.997. The van der Waals surface area contributed by atoms with Crippen molar-refractivity contribution in [1.29, 1.82) is 0 Å². The Labute approximate surface area is 297 Å². The van der Waals surface area contributed by atoms with Crippen molar-refractivity contribution in [3.05, 3.63) is 176 Å². The number of benzene rings is 7. The molecule has 0 bridgehead atoms. The molecule has 0 atom stereocenters. The van der Waals surface area contributed by atoms with Gasteiger partial charge in [-0.1, -0.05) is 133 Å². The van der Waals surface area contributed by atoms with Gasteiger partial charge < -0.3 is 9.13 Å². The molecule has 7 aromatic carbocycles. The number of thiophene rings is 1. The Morgan fingerprint density at radius 2 is 0.961 bits per heavy atom. The highest BCUT2D eigenvalue weighted by Crippen LogP contribution is 2.45. The van der Waals surface area contributed by atoms with Crippen LogP contribution in [0.5, 0.6) is 0 Å². The van der Waals surface area contributed by atoms with Gasteiger partial charge in [0.1, 0.15) is 4.83 Å². The summed E-state index contributed by atoms with van der Waals surface area (Å²) in [7, 11) is 0. The highest BCUT2D eigenvalue weighted by Gasteiger charge is 2.23. The van der Waals surface area contributed by atoms with E-state index in [-0.39, 0.29) is 0 Å². The second-order valence-electron chi connectivity index (χ2n) is 13.2. The third kappa shape index (κ3) is 4.21. The molecule has 0 aliphatic heterocycles. The van der Waals surface area contributed by atoms with E-state index in [0.29, 0.717) is 0 Å². The molecule has 3 nitrogen and oxygen atoms in total. The summed E-state index contributed by atoms with van der Waals surface area (Å²) in [5, 5.41) is 7.39. The normalized spacial score (nSPS) is 11.9. The summed E-state index contributed by atoms with van der Waals surface area (Å²) in [5.41, 5.74) is 11.6. The van der Waals surface area contributed by atoms with Crippen molar-refractivity contribution in [2.45, 2.75) is 0 Å². The maximum Gasteiger partial charge on any atom is 0.125 e. The third-order valence-corrected chi connectivity index (χ3v) is 11.5. The van der Waals surface area contributed by atoms with Gasteiger partial charge in [0, 0.05) is 43.6 Å². The van der Waals surface area contributed by atoms with Crippen molar-refractivity contribution in [2.75, 3.05) is 0 Å². The number of aromatic nitrogens is 3. The van der Waals surface area contributed by atoms with E-state index >= 15 is 0 Å². The van der Waals surface area contributed by atoms with Gasteiger partial charge in [-0.2, -0.15) is 0 Å². The minimum absolute atomic E-state index is 0.997. The Hall–Kier alpha value is -6.49. The number of pyridine rings is 1. The van der Waals surface area contributed by atoms with Crippen LogP contribution >= 0.6 is 11.3 Å². The molecule has 0 spiro atoms. The number of rotatable bonds is 4. The highest BCUT2D eigenvalue weighted by molar-refractivity contribution is 7.25. The Kier molecular flexibility index (Phi) is 6.12. The minimum Gasteiger partial charge on any atom is -0.307 e. The molecule has 0 aliphatic carbocycles. The number of para-hydroxylation sites is 2. The molecule has 0 fully saturated rings. The van der Waals surface area contributed by atoms with Gasteiger partial charge in [0.2, 0.25) is 0 Å². The monoisotopic (exact) mass is 667 g/mol. The zero-order valence-electron chi connectivity index (χ0n) is 27.5. The summed E-state index contributed by atoms with van der Waals surface area (Å²) in [4.78, 5) is 6.25. The zero-order valence-corrected chi connectivity index (χ0v) is 28.3. The first-order valence-electron chi connectivity index (χ1n) is 17.3. The van der Waals surface area contributed by atoms with E-state index in [0.717, 1.165) is 21.8 Å². The maximum atomic E-state index is 5.20. The summed E-state index contributed by atoms with van der Waals surface area (Å²) in [5.74, 6) is 0. The molecule has 4 heterocycles. The van der Waals surface area contributed by atoms with Crippen LogP contribution in [0.25, 0.3) is 97.7 Å². The van der Waals surface area contributed by atoms with Gasteiger partial charge in [0.15, 0.2) is 0 Å². The summed E-state index contributed by atoms with van der Waals surface area (Å²) < 4.78 is 6.23. The van der Waals surface area contributed by atoms with Crippen molar-refractivity contribution in [3.63, 3.8) is 0 Å². The predicted molar refractivity (Wildman–Crippen MR) is 217 cm³/mol. The summed E-state index contributed by atoms with van der Waals surface area (Å²) >= 11 is 1.78. The van der Waals surface area contributed by atoms with Crippen LogP contribution in [0.15, 0.2) is 176 Å². The summed E-state index contributed by atoms with van der Waals surface area (Å²) in [6.45, 7) is 0. The first kappa shape index (κ1) is 28.4. The molecular formula is C47H29N3S. The first-order valence-corrected chi connectivity index (χ1v) is 18.1. The van der Waals surface area contributed by atoms with E-state index in [2.05, 4.69) is 185 Å². The number of hydrogen-bond acceptors (Lipinski definition) is 2. The second-order valence-corrected chi connectivity index (χ2v) is 14.1. The fourth-order valence-electron chi connectivity index (χ4n) is 8.08. The Morgan fingerprint density at radius 3 is 1.71 bits per heavy atom. The van der Waals surface area contributed by atoms with E-state index in [1.165, 1.54) is 75.9 Å².